The molecular weight excluding hydrogens is 356 g/mol. The SMILES string of the molecule is Cc1ccc([N+](=O)[O-])cc1S(=O)(=O)Nc1ccc(OC2CCCC2)cc1. The van der Waals surface area contributed by atoms with E-state index in [9.17, 15) is 18.5 Å². The molecule has 1 N–H and O–H groups in total. The highest BCUT2D eigenvalue weighted by molar-refractivity contribution is 7.92. The fourth-order valence-electron chi connectivity index (χ4n) is 3.00. The number of sulfonamides is 1. The number of nitrogens with one attached hydrogen (secondary N) is 1. The first-order chi connectivity index (χ1) is 12.3. The van der Waals surface area contributed by atoms with E-state index in [0.29, 0.717) is 17.0 Å². The van der Waals surface area contributed by atoms with Crippen LogP contribution in [-0.2, 0) is 10.0 Å². The van der Waals surface area contributed by atoms with Crippen molar-refractivity contribution in [3.8, 4) is 5.75 Å². The lowest BCUT2D eigenvalue weighted by Crippen LogP contribution is -2.15. The van der Waals surface area contributed by atoms with Gasteiger partial charge in [0.15, 0.2) is 0 Å². The van der Waals surface area contributed by atoms with Gasteiger partial charge in [0.05, 0.1) is 15.9 Å². The van der Waals surface area contributed by atoms with Crippen LogP contribution in [-0.4, -0.2) is 19.4 Å². The van der Waals surface area contributed by atoms with Crippen LogP contribution < -0.4 is 9.46 Å². The molecule has 0 spiro atoms. The van der Waals surface area contributed by atoms with Crippen molar-refractivity contribution in [3.63, 3.8) is 0 Å². The van der Waals surface area contributed by atoms with Crippen molar-refractivity contribution in [1.29, 1.82) is 0 Å². The third-order valence-electron chi connectivity index (χ3n) is 4.38. The van der Waals surface area contributed by atoms with Crippen molar-refractivity contribution >= 4 is 21.4 Å². The Morgan fingerprint density at radius 1 is 1.12 bits per heavy atom. The Morgan fingerprint density at radius 3 is 2.38 bits per heavy atom. The second-order valence-electron chi connectivity index (χ2n) is 6.36. The number of benzene rings is 2. The summed E-state index contributed by atoms with van der Waals surface area (Å²) in [6, 6.07) is 10.4. The Hall–Kier alpha value is -2.61. The molecular formula is C18H20N2O5S. The van der Waals surface area contributed by atoms with E-state index in [-0.39, 0.29) is 16.7 Å². The van der Waals surface area contributed by atoms with Gasteiger partial charge in [-0.2, -0.15) is 0 Å². The zero-order chi connectivity index (χ0) is 18.7. The largest absolute Gasteiger partial charge is 0.490 e. The van der Waals surface area contributed by atoms with E-state index >= 15 is 0 Å². The lowest BCUT2D eigenvalue weighted by Gasteiger charge is -2.14. The van der Waals surface area contributed by atoms with Crippen LogP contribution in [0.1, 0.15) is 31.2 Å². The molecule has 2 aromatic carbocycles. The summed E-state index contributed by atoms with van der Waals surface area (Å²) in [5, 5.41) is 10.9. The first-order valence-electron chi connectivity index (χ1n) is 8.40. The number of hydrogen-bond donors (Lipinski definition) is 1. The summed E-state index contributed by atoms with van der Waals surface area (Å²) < 4.78 is 33.5. The van der Waals surface area contributed by atoms with Crippen LogP contribution in [0.25, 0.3) is 0 Å². The molecule has 0 radical (unpaired) electrons. The van der Waals surface area contributed by atoms with E-state index in [1.165, 1.54) is 25.0 Å². The number of anilines is 1. The summed E-state index contributed by atoms with van der Waals surface area (Å²) in [7, 11) is -3.93. The lowest BCUT2D eigenvalue weighted by molar-refractivity contribution is -0.385. The third-order valence-corrected chi connectivity index (χ3v) is 5.91. The van der Waals surface area contributed by atoms with Gasteiger partial charge in [-0.05, 0) is 62.4 Å². The van der Waals surface area contributed by atoms with Crippen LogP contribution in [0, 0.1) is 17.0 Å². The van der Waals surface area contributed by atoms with Crippen LogP contribution in [0.15, 0.2) is 47.4 Å². The molecule has 0 bridgehead atoms. The first-order valence-corrected chi connectivity index (χ1v) is 9.88. The molecule has 8 heteroatoms. The Labute approximate surface area is 152 Å². The summed E-state index contributed by atoms with van der Waals surface area (Å²) in [6.07, 6.45) is 4.65. The highest BCUT2D eigenvalue weighted by atomic mass is 32.2. The molecule has 0 aliphatic heterocycles. The van der Waals surface area contributed by atoms with E-state index in [0.717, 1.165) is 18.9 Å². The Kier molecular flexibility index (Phi) is 5.13. The van der Waals surface area contributed by atoms with Gasteiger partial charge < -0.3 is 4.74 Å². The normalized spacial score (nSPS) is 15.0. The molecule has 0 heterocycles. The molecule has 1 aliphatic rings. The van der Waals surface area contributed by atoms with E-state index in [1.807, 2.05) is 0 Å². The number of nitro benzene ring substituents is 1. The monoisotopic (exact) mass is 376 g/mol. The van der Waals surface area contributed by atoms with Crippen LogP contribution in [0.4, 0.5) is 11.4 Å². The predicted octanol–water partition coefficient (Wildman–Crippen LogP) is 4.03. The predicted molar refractivity (Wildman–Crippen MR) is 98.0 cm³/mol. The Bertz CT molecular complexity index is 904. The van der Waals surface area contributed by atoms with Crippen molar-refractivity contribution in [2.75, 3.05) is 4.72 Å². The molecule has 1 fully saturated rings. The maximum Gasteiger partial charge on any atom is 0.270 e. The van der Waals surface area contributed by atoms with Crippen molar-refractivity contribution in [3.05, 3.63) is 58.1 Å². The minimum Gasteiger partial charge on any atom is -0.490 e. The van der Waals surface area contributed by atoms with Gasteiger partial charge in [0.25, 0.3) is 15.7 Å². The smallest absolute Gasteiger partial charge is 0.270 e. The summed E-state index contributed by atoms with van der Waals surface area (Å²) in [6.45, 7) is 1.59. The van der Waals surface area contributed by atoms with Gasteiger partial charge in [-0.25, -0.2) is 8.42 Å². The molecule has 0 unspecified atom stereocenters. The van der Waals surface area contributed by atoms with Crippen LogP contribution in [0.3, 0.4) is 0 Å². The molecule has 1 saturated carbocycles. The minimum atomic E-state index is -3.93. The second-order valence-corrected chi connectivity index (χ2v) is 8.01. The van der Waals surface area contributed by atoms with Gasteiger partial charge in [-0.3, -0.25) is 14.8 Å². The molecule has 0 aromatic heterocycles. The summed E-state index contributed by atoms with van der Waals surface area (Å²) in [5.74, 6) is 0.700. The molecule has 0 atom stereocenters. The van der Waals surface area contributed by atoms with Crippen LogP contribution in [0.5, 0.6) is 5.75 Å². The maximum atomic E-state index is 12.6. The van der Waals surface area contributed by atoms with Crippen molar-refractivity contribution in [2.24, 2.45) is 0 Å². The number of non-ortho nitro benzene ring substituents is 1. The van der Waals surface area contributed by atoms with Crippen LogP contribution >= 0.6 is 0 Å². The molecule has 2 aromatic rings. The standard InChI is InChI=1S/C18H20N2O5S/c1-13-6-9-15(20(21)22)12-18(13)26(23,24)19-14-7-10-17(11-8-14)25-16-4-2-3-5-16/h6-12,16,19H,2-5H2,1H3. The number of rotatable bonds is 6. The number of ether oxygens (including phenoxy) is 1. The topological polar surface area (TPSA) is 98.5 Å². The quantitative estimate of drug-likeness (QED) is 0.606. The zero-order valence-corrected chi connectivity index (χ0v) is 15.2. The second kappa shape index (κ2) is 7.33. The molecule has 1 aliphatic carbocycles. The molecule has 0 saturated heterocycles. The molecule has 0 amide bonds. The van der Waals surface area contributed by atoms with Crippen molar-refractivity contribution < 1.29 is 18.1 Å². The van der Waals surface area contributed by atoms with Crippen LogP contribution in [0.2, 0.25) is 0 Å². The molecule has 26 heavy (non-hydrogen) atoms. The number of hydrogen-bond acceptors (Lipinski definition) is 5. The average Bonchev–Trinajstić information content (AvgIpc) is 3.09. The first kappa shape index (κ1) is 18.2. The van der Waals surface area contributed by atoms with Gasteiger partial charge in [-0.1, -0.05) is 6.07 Å². The zero-order valence-electron chi connectivity index (χ0n) is 14.3. The average molecular weight is 376 g/mol. The van der Waals surface area contributed by atoms with E-state index in [1.54, 1.807) is 31.2 Å². The third kappa shape index (κ3) is 4.13. The minimum absolute atomic E-state index is 0.113. The Balaban J connectivity index is 1.77. The maximum absolute atomic E-state index is 12.6. The van der Waals surface area contributed by atoms with Gasteiger partial charge in [0, 0.05) is 17.8 Å². The molecule has 138 valence electrons. The number of nitro groups is 1. The van der Waals surface area contributed by atoms with Gasteiger partial charge in [-0.15, -0.1) is 0 Å². The summed E-state index contributed by atoms with van der Waals surface area (Å²) in [5.41, 5.74) is 0.537. The lowest BCUT2D eigenvalue weighted by atomic mass is 10.2. The van der Waals surface area contributed by atoms with Crippen molar-refractivity contribution in [2.45, 2.75) is 43.6 Å². The fourth-order valence-corrected chi connectivity index (χ4v) is 4.33. The summed E-state index contributed by atoms with van der Waals surface area (Å²) >= 11 is 0. The molecule has 3 rings (SSSR count). The highest BCUT2D eigenvalue weighted by Gasteiger charge is 2.21. The van der Waals surface area contributed by atoms with Crippen molar-refractivity contribution in [1.82, 2.24) is 0 Å². The van der Waals surface area contributed by atoms with E-state index in [4.69, 9.17) is 4.74 Å². The summed E-state index contributed by atoms with van der Waals surface area (Å²) in [4.78, 5) is 10.2. The van der Waals surface area contributed by atoms with Gasteiger partial charge >= 0.3 is 0 Å². The fraction of sp³-hybridized carbons (Fsp3) is 0.333. The van der Waals surface area contributed by atoms with E-state index < -0.39 is 14.9 Å². The van der Waals surface area contributed by atoms with Gasteiger partial charge in [0.2, 0.25) is 0 Å². The Morgan fingerprint density at radius 2 is 1.77 bits per heavy atom. The highest BCUT2D eigenvalue weighted by Crippen LogP contribution is 2.27. The number of nitrogens with zero attached hydrogens (tertiary/aromatic N) is 1. The molecule has 7 nitrogen and oxygen atoms in total. The van der Waals surface area contributed by atoms with Gasteiger partial charge in [0.1, 0.15) is 5.75 Å². The number of aryl methyl sites for hydroxylation is 1. The van der Waals surface area contributed by atoms with E-state index in [2.05, 4.69) is 4.72 Å².